The summed E-state index contributed by atoms with van der Waals surface area (Å²) in [6.07, 6.45) is 3.63. The number of fused-ring (bicyclic) bond motifs is 1. The summed E-state index contributed by atoms with van der Waals surface area (Å²) < 4.78 is 1.31. The van der Waals surface area contributed by atoms with Crippen LogP contribution in [-0.2, 0) is 6.42 Å². The quantitative estimate of drug-likeness (QED) is 0.751. The summed E-state index contributed by atoms with van der Waals surface area (Å²) in [4.78, 5) is 6.89. The maximum atomic E-state index is 4.32. The highest BCUT2D eigenvalue weighted by Gasteiger charge is 2.04. The maximum Gasteiger partial charge on any atom is 0.0812 e. The summed E-state index contributed by atoms with van der Waals surface area (Å²) in [7, 11) is 0. The number of rotatable bonds is 7. The van der Waals surface area contributed by atoms with Gasteiger partial charge in [-0.3, -0.25) is 0 Å². The number of hydrogen-bond donors (Lipinski definition) is 0. The summed E-state index contributed by atoms with van der Waals surface area (Å²) in [6, 6.07) is 6.66. The third-order valence-electron chi connectivity index (χ3n) is 3.19. The molecule has 98 valence electrons. The lowest BCUT2D eigenvalue weighted by atomic mass is 10.1. The van der Waals surface area contributed by atoms with Crippen LogP contribution in [0.25, 0.3) is 10.2 Å². The van der Waals surface area contributed by atoms with Crippen molar-refractivity contribution >= 4 is 21.6 Å². The largest absolute Gasteiger partial charge is 0.303 e. The van der Waals surface area contributed by atoms with Crippen LogP contribution in [0.2, 0.25) is 0 Å². The van der Waals surface area contributed by atoms with Crippen molar-refractivity contribution < 1.29 is 0 Å². The summed E-state index contributed by atoms with van der Waals surface area (Å²) in [5.41, 5.74) is 4.49. The first-order valence-electron chi connectivity index (χ1n) is 6.88. The van der Waals surface area contributed by atoms with Crippen LogP contribution < -0.4 is 0 Å². The van der Waals surface area contributed by atoms with E-state index >= 15 is 0 Å². The van der Waals surface area contributed by atoms with Crippen molar-refractivity contribution in [2.24, 2.45) is 0 Å². The average Bonchev–Trinajstić information content (AvgIpc) is 2.84. The Morgan fingerprint density at radius 2 is 1.89 bits per heavy atom. The fourth-order valence-corrected chi connectivity index (χ4v) is 3.05. The Hall–Kier alpha value is -0.930. The van der Waals surface area contributed by atoms with Crippen molar-refractivity contribution in [2.45, 2.75) is 33.1 Å². The Balaban J connectivity index is 1.95. The molecule has 0 aliphatic heterocycles. The second-order valence-corrected chi connectivity index (χ2v) is 5.63. The van der Waals surface area contributed by atoms with Crippen molar-refractivity contribution in [1.29, 1.82) is 0 Å². The van der Waals surface area contributed by atoms with Gasteiger partial charge in [-0.2, -0.15) is 0 Å². The molecular formula is C15H22N2S. The predicted octanol–water partition coefficient (Wildman–Crippen LogP) is 3.96. The first-order valence-corrected chi connectivity index (χ1v) is 7.76. The molecule has 2 aromatic rings. The Labute approximate surface area is 114 Å². The second kappa shape index (κ2) is 6.86. The highest BCUT2D eigenvalue weighted by atomic mass is 32.1. The van der Waals surface area contributed by atoms with Crippen molar-refractivity contribution in [3.05, 3.63) is 29.3 Å². The van der Waals surface area contributed by atoms with Crippen molar-refractivity contribution in [1.82, 2.24) is 9.88 Å². The van der Waals surface area contributed by atoms with E-state index in [4.69, 9.17) is 0 Å². The molecule has 0 atom stereocenters. The van der Waals surface area contributed by atoms with E-state index in [9.17, 15) is 0 Å². The smallest absolute Gasteiger partial charge is 0.0812 e. The van der Waals surface area contributed by atoms with Crippen LogP contribution in [0.15, 0.2) is 23.7 Å². The van der Waals surface area contributed by atoms with Gasteiger partial charge in [0.2, 0.25) is 0 Å². The number of benzene rings is 1. The van der Waals surface area contributed by atoms with Gasteiger partial charge in [-0.05, 0) is 50.0 Å². The van der Waals surface area contributed by atoms with E-state index < -0.39 is 0 Å². The molecule has 0 amide bonds. The number of nitrogens with zero attached hydrogens (tertiary/aromatic N) is 2. The van der Waals surface area contributed by atoms with Crippen molar-refractivity contribution in [3.63, 3.8) is 0 Å². The fraction of sp³-hybridized carbons (Fsp3) is 0.533. The number of hydrogen-bond acceptors (Lipinski definition) is 3. The van der Waals surface area contributed by atoms with Gasteiger partial charge < -0.3 is 4.90 Å². The molecule has 0 radical (unpaired) electrons. The summed E-state index contributed by atoms with van der Waals surface area (Å²) in [6.45, 7) is 8.12. The SMILES string of the molecule is CCCN(CCC)CCc1ccc2ncsc2c1. The molecule has 1 aromatic carbocycles. The standard InChI is InChI=1S/C15H22N2S/c1-3-8-17(9-4-2)10-7-13-5-6-14-15(11-13)18-12-16-14/h5-6,11-12H,3-4,7-10H2,1-2H3. The molecule has 0 N–H and O–H groups in total. The zero-order chi connectivity index (χ0) is 12.8. The van der Waals surface area contributed by atoms with Crippen LogP contribution >= 0.6 is 11.3 Å². The van der Waals surface area contributed by atoms with Gasteiger partial charge in [0.15, 0.2) is 0 Å². The van der Waals surface area contributed by atoms with Gasteiger partial charge in [0.25, 0.3) is 0 Å². The van der Waals surface area contributed by atoms with E-state index in [-0.39, 0.29) is 0 Å². The van der Waals surface area contributed by atoms with Crippen molar-refractivity contribution in [2.75, 3.05) is 19.6 Å². The molecule has 0 aliphatic carbocycles. The molecule has 0 bridgehead atoms. The molecule has 0 fully saturated rings. The lowest BCUT2D eigenvalue weighted by molar-refractivity contribution is 0.278. The molecule has 1 heterocycles. The minimum absolute atomic E-state index is 1.13. The Morgan fingerprint density at radius 1 is 1.11 bits per heavy atom. The van der Waals surface area contributed by atoms with Gasteiger partial charge in [0.1, 0.15) is 0 Å². The maximum absolute atomic E-state index is 4.32. The highest BCUT2D eigenvalue weighted by Crippen LogP contribution is 2.19. The fourth-order valence-electron chi connectivity index (χ4n) is 2.31. The second-order valence-electron chi connectivity index (χ2n) is 4.75. The Morgan fingerprint density at radius 3 is 2.61 bits per heavy atom. The summed E-state index contributed by atoms with van der Waals surface area (Å²) in [5, 5.41) is 0. The highest BCUT2D eigenvalue weighted by molar-refractivity contribution is 7.16. The zero-order valence-electron chi connectivity index (χ0n) is 11.4. The number of thiazole rings is 1. The molecule has 3 heteroatoms. The molecule has 0 unspecified atom stereocenters. The third-order valence-corrected chi connectivity index (χ3v) is 3.98. The van der Waals surface area contributed by atoms with Crippen LogP contribution in [0, 0.1) is 0 Å². The molecule has 0 spiro atoms. The summed E-state index contributed by atoms with van der Waals surface area (Å²) >= 11 is 1.73. The number of aromatic nitrogens is 1. The molecule has 1 aromatic heterocycles. The van der Waals surface area contributed by atoms with Crippen LogP contribution in [0.3, 0.4) is 0 Å². The molecule has 18 heavy (non-hydrogen) atoms. The van der Waals surface area contributed by atoms with E-state index in [0.717, 1.165) is 11.9 Å². The van der Waals surface area contributed by atoms with Crippen molar-refractivity contribution in [3.8, 4) is 0 Å². The first kappa shape index (κ1) is 13.5. The monoisotopic (exact) mass is 262 g/mol. The van der Waals surface area contributed by atoms with Gasteiger partial charge in [-0.25, -0.2) is 4.98 Å². The van der Waals surface area contributed by atoms with E-state index in [1.54, 1.807) is 11.3 Å². The minimum Gasteiger partial charge on any atom is -0.303 e. The van der Waals surface area contributed by atoms with Crippen LogP contribution in [0.1, 0.15) is 32.3 Å². The first-order chi connectivity index (χ1) is 8.83. The Bertz CT molecular complexity index is 472. The predicted molar refractivity (Wildman–Crippen MR) is 80.3 cm³/mol. The lowest BCUT2D eigenvalue weighted by Crippen LogP contribution is -2.27. The van der Waals surface area contributed by atoms with Gasteiger partial charge >= 0.3 is 0 Å². The zero-order valence-corrected chi connectivity index (χ0v) is 12.2. The van der Waals surface area contributed by atoms with E-state index in [1.165, 1.54) is 42.7 Å². The average molecular weight is 262 g/mol. The minimum atomic E-state index is 1.13. The van der Waals surface area contributed by atoms with Crippen LogP contribution in [0.4, 0.5) is 0 Å². The van der Waals surface area contributed by atoms with Gasteiger partial charge in [0, 0.05) is 6.54 Å². The molecule has 2 rings (SSSR count). The summed E-state index contributed by atoms with van der Waals surface area (Å²) in [5.74, 6) is 0. The van der Waals surface area contributed by atoms with Crippen LogP contribution in [-0.4, -0.2) is 29.5 Å². The molecule has 0 aliphatic rings. The van der Waals surface area contributed by atoms with Gasteiger partial charge in [-0.1, -0.05) is 19.9 Å². The topological polar surface area (TPSA) is 16.1 Å². The van der Waals surface area contributed by atoms with E-state index in [2.05, 4.69) is 41.9 Å². The van der Waals surface area contributed by atoms with Gasteiger partial charge in [0.05, 0.1) is 15.7 Å². The normalized spacial score (nSPS) is 11.5. The van der Waals surface area contributed by atoms with Gasteiger partial charge in [-0.15, -0.1) is 11.3 Å². The lowest BCUT2D eigenvalue weighted by Gasteiger charge is -2.20. The van der Waals surface area contributed by atoms with Crippen LogP contribution in [0.5, 0.6) is 0 Å². The molecule has 0 saturated heterocycles. The Kier molecular flexibility index (Phi) is 5.14. The molecule has 2 nitrogen and oxygen atoms in total. The molecule has 0 saturated carbocycles. The van der Waals surface area contributed by atoms with E-state index in [1.807, 2.05) is 5.51 Å². The third kappa shape index (κ3) is 3.53. The molecular weight excluding hydrogens is 240 g/mol. The van der Waals surface area contributed by atoms with E-state index in [0.29, 0.717) is 0 Å².